The third-order valence-electron chi connectivity index (χ3n) is 6.65. The van der Waals surface area contributed by atoms with Crippen LogP contribution in [0, 0.1) is 17.8 Å². The first-order valence-electron chi connectivity index (χ1n) is 10.4. The highest BCUT2D eigenvalue weighted by molar-refractivity contribution is 6.22. The average molecular weight is 427 g/mol. The van der Waals surface area contributed by atoms with E-state index in [9.17, 15) is 29.7 Å². The molecule has 0 saturated carbocycles. The van der Waals surface area contributed by atoms with Gasteiger partial charge in [-0.25, -0.2) is 0 Å². The minimum atomic E-state index is -1.32. The number of rotatable bonds is 4. The SMILES string of the molecule is CCCOc1cccc2c1C(=O)C1=C(O)C3C(=O)C(C(N)=O)=C(O)C[C@@H]3[C@@H](O)[C@@H]1[C@H]2C. The van der Waals surface area contributed by atoms with Gasteiger partial charge in [-0.05, 0) is 24.0 Å². The van der Waals surface area contributed by atoms with Gasteiger partial charge in [0.25, 0.3) is 5.91 Å². The Kier molecular flexibility index (Phi) is 5.13. The van der Waals surface area contributed by atoms with Crippen molar-refractivity contribution in [3.05, 3.63) is 52.0 Å². The summed E-state index contributed by atoms with van der Waals surface area (Å²) in [5, 5.41) is 32.5. The highest BCUT2D eigenvalue weighted by Gasteiger charge is 2.56. The first kappa shape index (κ1) is 21.1. The van der Waals surface area contributed by atoms with E-state index in [2.05, 4.69) is 0 Å². The highest BCUT2D eigenvalue weighted by atomic mass is 16.5. The summed E-state index contributed by atoms with van der Waals surface area (Å²) in [5.74, 6) is -6.40. The lowest BCUT2D eigenvalue weighted by atomic mass is 9.58. The van der Waals surface area contributed by atoms with E-state index < -0.39 is 58.4 Å². The summed E-state index contributed by atoms with van der Waals surface area (Å²) in [6, 6.07) is 5.24. The molecule has 3 aliphatic carbocycles. The number of carbonyl (C=O) groups is 3. The van der Waals surface area contributed by atoms with Crippen LogP contribution >= 0.6 is 0 Å². The molecular formula is C23H25NO7. The predicted octanol–water partition coefficient (Wildman–Crippen LogP) is 2.08. The Hall–Kier alpha value is -3.13. The molecule has 1 amide bonds. The minimum absolute atomic E-state index is 0.0418. The summed E-state index contributed by atoms with van der Waals surface area (Å²) in [5.41, 5.74) is 5.60. The minimum Gasteiger partial charge on any atom is -0.511 e. The van der Waals surface area contributed by atoms with E-state index in [-0.39, 0.29) is 17.9 Å². The zero-order chi connectivity index (χ0) is 22.6. The number of primary amides is 1. The van der Waals surface area contributed by atoms with Gasteiger partial charge in [0.1, 0.15) is 22.8 Å². The van der Waals surface area contributed by atoms with Crippen LogP contribution in [-0.4, -0.2) is 45.5 Å². The molecular weight excluding hydrogens is 402 g/mol. The summed E-state index contributed by atoms with van der Waals surface area (Å²) in [6.07, 6.45) is -0.646. The molecule has 0 fully saturated rings. The number of allylic oxidation sites excluding steroid dienone is 2. The molecule has 164 valence electrons. The van der Waals surface area contributed by atoms with Gasteiger partial charge in [0.15, 0.2) is 11.6 Å². The molecule has 0 aliphatic heterocycles. The van der Waals surface area contributed by atoms with E-state index in [1.54, 1.807) is 18.2 Å². The zero-order valence-corrected chi connectivity index (χ0v) is 17.3. The molecule has 8 heteroatoms. The second-order valence-electron chi connectivity index (χ2n) is 8.40. The number of aliphatic hydroxyl groups excluding tert-OH is 3. The van der Waals surface area contributed by atoms with Crippen LogP contribution in [0.1, 0.15) is 48.5 Å². The number of hydrogen-bond donors (Lipinski definition) is 4. The van der Waals surface area contributed by atoms with Crippen LogP contribution in [0.15, 0.2) is 40.9 Å². The fourth-order valence-corrected chi connectivity index (χ4v) is 5.26. The first-order valence-corrected chi connectivity index (χ1v) is 10.4. The lowest BCUT2D eigenvalue weighted by Crippen LogP contribution is -2.51. The molecule has 8 nitrogen and oxygen atoms in total. The third-order valence-corrected chi connectivity index (χ3v) is 6.65. The molecule has 31 heavy (non-hydrogen) atoms. The number of benzene rings is 1. The van der Waals surface area contributed by atoms with Crippen molar-refractivity contribution in [2.24, 2.45) is 23.5 Å². The van der Waals surface area contributed by atoms with Gasteiger partial charge in [0.2, 0.25) is 0 Å². The van der Waals surface area contributed by atoms with Crippen LogP contribution in [0.4, 0.5) is 0 Å². The molecule has 0 heterocycles. The van der Waals surface area contributed by atoms with Gasteiger partial charge in [-0.2, -0.15) is 0 Å². The van der Waals surface area contributed by atoms with Crippen LogP contribution in [0.25, 0.3) is 0 Å². The Labute approximate surface area is 179 Å². The summed E-state index contributed by atoms with van der Waals surface area (Å²) >= 11 is 0. The van der Waals surface area contributed by atoms with Gasteiger partial charge in [0.05, 0.1) is 24.2 Å². The smallest absolute Gasteiger partial charge is 0.255 e. The Morgan fingerprint density at radius 2 is 1.97 bits per heavy atom. The molecule has 0 aromatic heterocycles. The first-order chi connectivity index (χ1) is 14.7. The quantitative estimate of drug-likeness (QED) is 0.538. The van der Waals surface area contributed by atoms with Crippen molar-refractivity contribution >= 4 is 17.5 Å². The van der Waals surface area contributed by atoms with E-state index in [1.807, 2.05) is 13.8 Å². The number of ether oxygens (including phenoxy) is 1. The number of carbonyl (C=O) groups excluding carboxylic acids is 3. The molecule has 4 rings (SSSR count). The molecule has 5 atom stereocenters. The van der Waals surface area contributed by atoms with Crippen LogP contribution in [-0.2, 0) is 9.59 Å². The van der Waals surface area contributed by atoms with Crippen molar-refractivity contribution in [1.29, 1.82) is 0 Å². The van der Waals surface area contributed by atoms with Crippen molar-refractivity contribution in [2.75, 3.05) is 6.61 Å². The van der Waals surface area contributed by atoms with Crippen molar-refractivity contribution in [3.63, 3.8) is 0 Å². The number of hydrogen-bond acceptors (Lipinski definition) is 7. The largest absolute Gasteiger partial charge is 0.511 e. The van der Waals surface area contributed by atoms with Gasteiger partial charge in [-0.3, -0.25) is 14.4 Å². The summed E-state index contributed by atoms with van der Waals surface area (Å²) in [4.78, 5) is 38.1. The zero-order valence-electron chi connectivity index (χ0n) is 17.3. The molecule has 0 saturated heterocycles. The number of ketones is 2. The highest BCUT2D eigenvalue weighted by Crippen LogP contribution is 2.53. The molecule has 1 unspecified atom stereocenters. The Balaban J connectivity index is 1.89. The molecule has 1 aromatic rings. The van der Waals surface area contributed by atoms with Crippen molar-refractivity contribution in [3.8, 4) is 5.75 Å². The molecule has 1 aromatic carbocycles. The monoisotopic (exact) mass is 427 g/mol. The fraction of sp³-hybridized carbons (Fsp3) is 0.435. The van der Waals surface area contributed by atoms with Crippen molar-refractivity contribution in [1.82, 2.24) is 0 Å². The van der Waals surface area contributed by atoms with E-state index >= 15 is 0 Å². The van der Waals surface area contributed by atoms with Crippen LogP contribution in [0.2, 0.25) is 0 Å². The second-order valence-corrected chi connectivity index (χ2v) is 8.40. The van der Waals surface area contributed by atoms with E-state index in [1.165, 1.54) is 0 Å². The summed E-state index contributed by atoms with van der Waals surface area (Å²) in [6.45, 7) is 4.19. The maximum absolute atomic E-state index is 13.5. The second kappa shape index (κ2) is 7.53. The van der Waals surface area contributed by atoms with Crippen molar-refractivity contribution in [2.45, 2.75) is 38.7 Å². The third kappa shape index (κ3) is 2.96. The lowest BCUT2D eigenvalue weighted by Gasteiger charge is -2.46. The summed E-state index contributed by atoms with van der Waals surface area (Å²) < 4.78 is 5.75. The van der Waals surface area contributed by atoms with Gasteiger partial charge < -0.3 is 25.8 Å². The fourth-order valence-electron chi connectivity index (χ4n) is 5.26. The van der Waals surface area contributed by atoms with Gasteiger partial charge in [-0.15, -0.1) is 0 Å². The van der Waals surface area contributed by atoms with Gasteiger partial charge in [0, 0.05) is 23.8 Å². The topological polar surface area (TPSA) is 147 Å². The maximum Gasteiger partial charge on any atom is 0.255 e. The number of amides is 1. The number of nitrogens with two attached hydrogens (primary N) is 1. The standard InChI is InChI=1S/C23H25NO7/c1-3-7-31-13-6-4-5-10-9(2)14-18(20(27)15(10)13)22(29)16-11(19(14)26)8-12(25)17(21(16)28)23(24)30/h4-6,9,11,14,16,19,25-26,29H,3,7-8H2,1-2H3,(H2,24,30)/t9-,11-,14+,16?,19+/m0/s1. The van der Waals surface area contributed by atoms with Crippen molar-refractivity contribution < 1.29 is 34.4 Å². The van der Waals surface area contributed by atoms with E-state index in [0.29, 0.717) is 23.5 Å². The average Bonchev–Trinajstić information content (AvgIpc) is 2.72. The predicted molar refractivity (Wildman–Crippen MR) is 110 cm³/mol. The van der Waals surface area contributed by atoms with Gasteiger partial charge in [-0.1, -0.05) is 26.0 Å². The number of fused-ring (bicyclic) bond motifs is 3. The molecule has 5 N–H and O–H groups in total. The van der Waals surface area contributed by atoms with Crippen LogP contribution < -0.4 is 10.5 Å². The van der Waals surface area contributed by atoms with Crippen LogP contribution in [0.3, 0.4) is 0 Å². The summed E-state index contributed by atoms with van der Waals surface area (Å²) in [7, 11) is 0. The van der Waals surface area contributed by atoms with E-state index in [4.69, 9.17) is 10.5 Å². The van der Waals surface area contributed by atoms with E-state index in [0.717, 1.165) is 6.42 Å². The maximum atomic E-state index is 13.5. The number of Topliss-reactive ketones (excluding diaryl/α,β-unsaturated/α-hetero) is 2. The number of aliphatic hydroxyl groups is 3. The Bertz CT molecular complexity index is 1050. The molecule has 3 aliphatic rings. The lowest BCUT2D eigenvalue weighted by molar-refractivity contribution is -0.128. The van der Waals surface area contributed by atoms with Gasteiger partial charge >= 0.3 is 0 Å². The normalized spacial score (nSPS) is 30.0. The van der Waals surface area contributed by atoms with Crippen LogP contribution in [0.5, 0.6) is 5.75 Å². The molecule has 0 radical (unpaired) electrons. The molecule has 0 bridgehead atoms. The Morgan fingerprint density at radius 3 is 2.61 bits per heavy atom. The molecule has 0 spiro atoms. The Morgan fingerprint density at radius 1 is 1.26 bits per heavy atom.